The molecule has 0 radical (unpaired) electrons. The van der Waals surface area contributed by atoms with Crippen LogP contribution in [0.4, 0.5) is 5.69 Å². The molecule has 1 aliphatic heterocycles. The van der Waals surface area contributed by atoms with Crippen molar-refractivity contribution in [2.24, 2.45) is 4.99 Å². The quantitative estimate of drug-likeness (QED) is 0.101. The Hall–Kier alpha value is -2.14. The highest BCUT2D eigenvalue weighted by atomic mass is 127. The summed E-state index contributed by atoms with van der Waals surface area (Å²) >= 11 is 2.46. The van der Waals surface area contributed by atoms with Gasteiger partial charge in [-0.05, 0) is 64.4 Å². The van der Waals surface area contributed by atoms with Crippen molar-refractivity contribution in [3.8, 4) is 0 Å². The second-order valence-electron chi connectivity index (χ2n) is 11.1. The fraction of sp³-hybridized carbons (Fsp3) is 0.441. The molecule has 1 aliphatic rings. The number of halogens is 1. The molecule has 2 nitrogen and oxygen atoms in total. The molecule has 0 spiro atoms. The van der Waals surface area contributed by atoms with Crippen LogP contribution in [0.25, 0.3) is 0 Å². The summed E-state index contributed by atoms with van der Waals surface area (Å²) in [6.45, 7) is 12.4. The first-order chi connectivity index (χ1) is 17.7. The summed E-state index contributed by atoms with van der Waals surface area (Å²) in [7, 11) is 2.17. The average Bonchev–Trinajstić information content (AvgIpc) is 3.07. The highest BCUT2D eigenvalue weighted by Crippen LogP contribution is 2.46. The van der Waals surface area contributed by atoms with Crippen molar-refractivity contribution in [1.82, 2.24) is 0 Å². The van der Waals surface area contributed by atoms with E-state index in [0.717, 1.165) is 18.7 Å². The summed E-state index contributed by atoms with van der Waals surface area (Å²) in [6, 6.07) is 17.4. The number of likely N-dealkylation sites (N-methyl/N-ethyl adjacent to an activating group) is 1. The topological polar surface area (TPSA) is 15.6 Å². The number of nitrogens with zero attached hydrogens (tertiary/aromatic N) is 2. The van der Waals surface area contributed by atoms with Gasteiger partial charge in [0.2, 0.25) is 0 Å². The summed E-state index contributed by atoms with van der Waals surface area (Å²) in [5.41, 5.74) is 6.32. The number of anilines is 1. The normalized spacial score (nSPS) is 16.9. The van der Waals surface area contributed by atoms with E-state index in [2.05, 4.69) is 148 Å². The van der Waals surface area contributed by atoms with Gasteiger partial charge < -0.3 is 4.90 Å². The van der Waals surface area contributed by atoms with E-state index in [4.69, 9.17) is 4.99 Å². The molecular weight excluding hydrogens is 563 g/mol. The van der Waals surface area contributed by atoms with E-state index < -0.39 is 0 Å². The second-order valence-corrected chi connectivity index (χ2v) is 12.3. The Bertz CT molecular complexity index is 1150. The van der Waals surface area contributed by atoms with E-state index in [9.17, 15) is 0 Å². The van der Waals surface area contributed by atoms with Crippen molar-refractivity contribution in [2.45, 2.75) is 84.0 Å². The summed E-state index contributed by atoms with van der Waals surface area (Å²) in [5.74, 6) is 0. The number of hydrogen-bond donors (Lipinski definition) is 0. The van der Waals surface area contributed by atoms with Crippen molar-refractivity contribution in [3.63, 3.8) is 0 Å². The lowest BCUT2D eigenvalue weighted by Gasteiger charge is -2.27. The lowest BCUT2D eigenvalue weighted by molar-refractivity contribution is 0.610. The maximum atomic E-state index is 5.14. The third kappa shape index (κ3) is 7.25. The van der Waals surface area contributed by atoms with Crippen molar-refractivity contribution >= 4 is 34.0 Å². The number of benzene rings is 2. The van der Waals surface area contributed by atoms with E-state index in [0.29, 0.717) is 0 Å². The molecule has 0 N–H and O–H groups in total. The molecule has 0 saturated carbocycles. The number of hydrogen-bond acceptors (Lipinski definition) is 2. The van der Waals surface area contributed by atoms with Crippen LogP contribution < -0.4 is 4.90 Å². The second kappa shape index (κ2) is 13.6. The molecule has 3 heteroatoms. The Kier molecular flexibility index (Phi) is 10.8. The lowest BCUT2D eigenvalue weighted by atomic mass is 9.79. The molecular formula is C34H45IN2. The maximum absolute atomic E-state index is 5.14. The average molecular weight is 609 g/mol. The monoisotopic (exact) mass is 608 g/mol. The molecule has 0 amide bonds. The van der Waals surface area contributed by atoms with Gasteiger partial charge in [0.1, 0.15) is 0 Å². The molecule has 1 heterocycles. The van der Waals surface area contributed by atoms with Crippen LogP contribution in [0.2, 0.25) is 0 Å². The third-order valence-electron chi connectivity index (χ3n) is 7.65. The minimum absolute atomic E-state index is 0.00483. The van der Waals surface area contributed by atoms with Gasteiger partial charge in [0.15, 0.2) is 0 Å². The number of allylic oxidation sites excluding steroid dienone is 6. The smallest absolute Gasteiger partial charge is 0.0448 e. The zero-order valence-corrected chi connectivity index (χ0v) is 25.9. The van der Waals surface area contributed by atoms with Gasteiger partial charge in [-0.25, -0.2) is 0 Å². The van der Waals surface area contributed by atoms with Gasteiger partial charge >= 0.3 is 0 Å². The van der Waals surface area contributed by atoms with Crippen LogP contribution in [0.3, 0.4) is 0 Å². The molecule has 37 heavy (non-hydrogen) atoms. The van der Waals surface area contributed by atoms with Gasteiger partial charge in [-0.15, -0.1) is 0 Å². The van der Waals surface area contributed by atoms with Crippen LogP contribution in [0.5, 0.6) is 0 Å². The zero-order chi connectivity index (χ0) is 26.9. The molecule has 0 bridgehead atoms. The van der Waals surface area contributed by atoms with Crippen molar-refractivity contribution in [1.29, 1.82) is 0 Å². The highest BCUT2D eigenvalue weighted by Gasteiger charge is 2.37. The van der Waals surface area contributed by atoms with Gasteiger partial charge in [0.25, 0.3) is 0 Å². The predicted octanol–water partition coefficient (Wildman–Crippen LogP) is 9.79. The Morgan fingerprint density at radius 1 is 0.919 bits per heavy atom. The van der Waals surface area contributed by atoms with Crippen LogP contribution in [-0.2, 0) is 10.8 Å². The molecule has 0 fully saturated rings. The number of para-hydroxylation sites is 1. The van der Waals surface area contributed by atoms with E-state index in [1.807, 2.05) is 0 Å². The first-order valence-electron chi connectivity index (χ1n) is 13.9. The fourth-order valence-electron chi connectivity index (χ4n) is 5.32. The van der Waals surface area contributed by atoms with Gasteiger partial charge in [-0.2, -0.15) is 0 Å². The maximum Gasteiger partial charge on any atom is 0.0448 e. The summed E-state index contributed by atoms with van der Waals surface area (Å²) in [6.07, 6.45) is 18.7. The van der Waals surface area contributed by atoms with E-state index in [1.54, 1.807) is 0 Å². The minimum Gasteiger partial charge on any atom is -0.347 e. The lowest BCUT2D eigenvalue weighted by Crippen LogP contribution is -2.29. The SMILES string of the molecule is CCCCCCCCN=C(/C=C/C=C/C=C1/N(C)c2ccccc2C1(C)C)C(C)(C)c1ccccc1I. The number of aliphatic imine (C=N–C) groups is 1. The predicted molar refractivity (Wildman–Crippen MR) is 172 cm³/mol. The van der Waals surface area contributed by atoms with Crippen LogP contribution in [0.1, 0.15) is 84.3 Å². The van der Waals surface area contributed by atoms with Crippen LogP contribution in [0, 0.1) is 3.57 Å². The van der Waals surface area contributed by atoms with E-state index >= 15 is 0 Å². The largest absolute Gasteiger partial charge is 0.347 e. The van der Waals surface area contributed by atoms with E-state index in [1.165, 1.54) is 58.2 Å². The summed E-state index contributed by atoms with van der Waals surface area (Å²) in [5, 5.41) is 0. The first kappa shape index (κ1) is 29.4. The third-order valence-corrected chi connectivity index (χ3v) is 8.59. The minimum atomic E-state index is -0.155. The Labute approximate surface area is 239 Å². The molecule has 2 aromatic rings. The fourth-order valence-corrected chi connectivity index (χ4v) is 6.38. The molecule has 0 aliphatic carbocycles. The Morgan fingerprint density at radius 3 is 2.32 bits per heavy atom. The molecule has 0 unspecified atom stereocenters. The van der Waals surface area contributed by atoms with Gasteiger partial charge in [0.05, 0.1) is 0 Å². The zero-order valence-electron chi connectivity index (χ0n) is 23.7. The van der Waals surface area contributed by atoms with Crippen molar-refractivity contribution in [3.05, 3.63) is 99.3 Å². The van der Waals surface area contributed by atoms with Crippen LogP contribution in [-0.4, -0.2) is 19.3 Å². The standard InChI is InChI=1S/C34H45IN2/c1-7-8-9-10-11-19-26-36-31(33(2,3)27-20-15-17-22-29(27)35)24-13-12-14-25-32-34(4,5)28-21-16-18-23-30(28)37(32)6/h12-18,20-25H,7-11,19,26H2,1-6H3/b14-12+,24-13+,32-25+,36-31?. The number of fused-ring (bicyclic) bond motifs is 1. The van der Waals surface area contributed by atoms with E-state index in [-0.39, 0.29) is 10.8 Å². The van der Waals surface area contributed by atoms with Gasteiger partial charge in [0, 0.05) is 45.1 Å². The number of rotatable bonds is 12. The molecule has 3 rings (SSSR count). The van der Waals surface area contributed by atoms with Crippen LogP contribution >= 0.6 is 22.6 Å². The van der Waals surface area contributed by atoms with Crippen LogP contribution in [0.15, 0.2) is 89.6 Å². The molecule has 2 aromatic carbocycles. The highest BCUT2D eigenvalue weighted by molar-refractivity contribution is 14.1. The number of unbranched alkanes of at least 4 members (excludes halogenated alkanes) is 5. The molecule has 0 atom stereocenters. The first-order valence-corrected chi connectivity index (χ1v) is 15.0. The van der Waals surface area contributed by atoms with Crippen molar-refractivity contribution in [2.75, 3.05) is 18.5 Å². The summed E-state index contributed by atoms with van der Waals surface area (Å²) in [4.78, 5) is 7.45. The molecule has 0 aromatic heterocycles. The van der Waals surface area contributed by atoms with Gasteiger partial charge in [-0.1, -0.05) is 121 Å². The van der Waals surface area contributed by atoms with Gasteiger partial charge in [-0.3, -0.25) is 4.99 Å². The molecule has 198 valence electrons. The summed E-state index contributed by atoms with van der Waals surface area (Å²) < 4.78 is 1.29. The Balaban J connectivity index is 1.77. The van der Waals surface area contributed by atoms with Crippen molar-refractivity contribution < 1.29 is 0 Å². The molecule has 0 saturated heterocycles. The Morgan fingerprint density at radius 2 is 1.59 bits per heavy atom.